The second kappa shape index (κ2) is 8.96. The van der Waals surface area contributed by atoms with E-state index in [0.29, 0.717) is 6.42 Å². The number of alkyl halides is 1. The van der Waals surface area contributed by atoms with Crippen molar-refractivity contribution in [1.82, 2.24) is 0 Å². The van der Waals surface area contributed by atoms with E-state index in [4.69, 9.17) is 5.26 Å². The minimum absolute atomic E-state index is 0.0480. The van der Waals surface area contributed by atoms with Crippen molar-refractivity contribution in [3.8, 4) is 17.2 Å². The van der Waals surface area contributed by atoms with Gasteiger partial charge in [-0.3, -0.25) is 0 Å². The Morgan fingerprint density at radius 2 is 1.77 bits per heavy atom. The number of halogens is 2. The minimum atomic E-state index is -0.781. The predicted octanol–water partition coefficient (Wildman–Crippen LogP) is 7.54. The van der Waals surface area contributed by atoms with E-state index < -0.39 is 12.0 Å². The number of hydrogen-bond acceptors (Lipinski definition) is 1. The van der Waals surface area contributed by atoms with Gasteiger partial charge >= 0.3 is 0 Å². The summed E-state index contributed by atoms with van der Waals surface area (Å²) in [7, 11) is 0. The number of fused-ring (bicyclic) bond motifs is 3. The fourth-order valence-corrected chi connectivity index (χ4v) is 4.72. The molecule has 1 nitrogen and oxygen atoms in total. The summed E-state index contributed by atoms with van der Waals surface area (Å²) in [5.41, 5.74) is 4.08. The Morgan fingerprint density at radius 3 is 2.53 bits per heavy atom. The van der Waals surface area contributed by atoms with Gasteiger partial charge in [-0.15, -0.1) is 0 Å². The van der Waals surface area contributed by atoms with E-state index in [1.807, 2.05) is 24.3 Å². The molecule has 0 spiro atoms. The summed E-state index contributed by atoms with van der Waals surface area (Å²) in [5, 5.41) is 11.1. The van der Waals surface area contributed by atoms with Crippen molar-refractivity contribution in [2.75, 3.05) is 0 Å². The van der Waals surface area contributed by atoms with E-state index in [1.165, 1.54) is 37.0 Å². The van der Waals surface area contributed by atoms with Crippen LogP contribution in [0.2, 0.25) is 0 Å². The van der Waals surface area contributed by atoms with E-state index in [1.54, 1.807) is 6.07 Å². The number of nitriles is 1. The molecule has 3 heteroatoms. The van der Waals surface area contributed by atoms with E-state index >= 15 is 0 Å². The highest BCUT2D eigenvalue weighted by molar-refractivity contribution is 5.91. The number of nitrogens with zero attached hydrogens (tertiary/aromatic N) is 1. The first kappa shape index (κ1) is 20.5. The first-order chi connectivity index (χ1) is 14.6. The molecule has 0 heterocycles. The summed E-state index contributed by atoms with van der Waals surface area (Å²) in [6.45, 7) is 2.20. The fraction of sp³-hybridized carbons (Fsp3) is 0.370. The maximum absolute atomic E-state index is 15.0. The molecule has 0 aromatic heterocycles. The summed E-state index contributed by atoms with van der Waals surface area (Å²) in [4.78, 5) is 0. The Bertz CT molecular complexity index is 1100. The topological polar surface area (TPSA) is 23.8 Å². The van der Waals surface area contributed by atoms with Crippen LogP contribution in [0.1, 0.15) is 55.7 Å². The molecule has 154 valence electrons. The van der Waals surface area contributed by atoms with E-state index in [-0.39, 0.29) is 11.5 Å². The maximum Gasteiger partial charge on any atom is 0.141 e. The Kier molecular flexibility index (Phi) is 6.13. The molecule has 4 rings (SSSR count). The molecule has 1 aliphatic rings. The van der Waals surface area contributed by atoms with Gasteiger partial charge in [0.05, 0.1) is 5.56 Å². The van der Waals surface area contributed by atoms with E-state index in [9.17, 15) is 8.78 Å². The van der Waals surface area contributed by atoms with E-state index in [2.05, 4.69) is 19.1 Å². The Balaban J connectivity index is 1.60. The van der Waals surface area contributed by atoms with Crippen LogP contribution >= 0.6 is 0 Å². The van der Waals surface area contributed by atoms with Crippen LogP contribution < -0.4 is 0 Å². The van der Waals surface area contributed by atoms with Gasteiger partial charge in [-0.25, -0.2) is 8.78 Å². The molecule has 0 saturated carbocycles. The number of hydrogen-bond donors (Lipinski definition) is 0. The zero-order valence-corrected chi connectivity index (χ0v) is 17.4. The first-order valence-electron chi connectivity index (χ1n) is 11.0. The average molecular weight is 404 g/mol. The van der Waals surface area contributed by atoms with Gasteiger partial charge < -0.3 is 0 Å². The number of unbranched alkanes of at least 4 members (excludes halogenated alkanes) is 3. The number of benzene rings is 3. The van der Waals surface area contributed by atoms with Gasteiger partial charge in [0.15, 0.2) is 0 Å². The second-order valence-electron chi connectivity index (χ2n) is 8.48. The molecule has 3 aromatic rings. The molecule has 0 bridgehead atoms. The third kappa shape index (κ3) is 4.10. The molecule has 0 N–H and O–H groups in total. The van der Waals surface area contributed by atoms with Gasteiger partial charge in [0, 0.05) is 6.42 Å². The van der Waals surface area contributed by atoms with Crippen LogP contribution in [0.4, 0.5) is 8.78 Å². The molecule has 30 heavy (non-hydrogen) atoms. The van der Waals surface area contributed by atoms with Crippen LogP contribution in [0.25, 0.3) is 21.9 Å². The molecule has 0 amide bonds. The zero-order chi connectivity index (χ0) is 21.1. The first-order valence-corrected chi connectivity index (χ1v) is 11.0. The Hall–Kier alpha value is -2.73. The average Bonchev–Trinajstić information content (AvgIpc) is 2.76. The lowest BCUT2D eigenvalue weighted by atomic mass is 9.78. The van der Waals surface area contributed by atoms with Gasteiger partial charge in [-0.1, -0.05) is 62.9 Å². The molecular weight excluding hydrogens is 376 g/mol. The van der Waals surface area contributed by atoms with Gasteiger partial charge in [0.2, 0.25) is 0 Å². The summed E-state index contributed by atoms with van der Waals surface area (Å²) < 4.78 is 29.0. The molecule has 1 aliphatic carbocycles. The molecule has 0 saturated heterocycles. The van der Waals surface area contributed by atoms with Crippen LogP contribution in [0.5, 0.6) is 0 Å². The van der Waals surface area contributed by atoms with Crippen molar-refractivity contribution in [2.45, 2.75) is 58.0 Å². The van der Waals surface area contributed by atoms with Crippen LogP contribution in [0.3, 0.4) is 0 Å². The van der Waals surface area contributed by atoms with Crippen LogP contribution in [0, 0.1) is 23.1 Å². The quantitative estimate of drug-likeness (QED) is 0.390. The van der Waals surface area contributed by atoms with Gasteiger partial charge in [0.25, 0.3) is 0 Å². The molecule has 3 aromatic carbocycles. The lowest BCUT2D eigenvalue weighted by molar-refractivity contribution is 0.199. The summed E-state index contributed by atoms with van der Waals surface area (Å²) in [6, 6.07) is 16.8. The number of rotatable bonds is 6. The normalized spacial score (nSPS) is 18.2. The SMILES string of the molecule is CCCCCC[C@@H]1Cc2ccc3cc(-c4ccc(C#N)c(F)c4)ccc3c2C[C@H]1F. The Labute approximate surface area is 177 Å². The second-order valence-corrected chi connectivity index (χ2v) is 8.48. The van der Waals surface area contributed by atoms with Gasteiger partial charge in [-0.05, 0) is 70.0 Å². The molecule has 0 unspecified atom stereocenters. The maximum atomic E-state index is 15.0. The summed E-state index contributed by atoms with van der Waals surface area (Å²) >= 11 is 0. The zero-order valence-electron chi connectivity index (χ0n) is 17.4. The molecule has 0 fully saturated rings. The Morgan fingerprint density at radius 1 is 0.967 bits per heavy atom. The van der Waals surface area contributed by atoms with Crippen LogP contribution in [-0.4, -0.2) is 6.17 Å². The lowest BCUT2D eigenvalue weighted by Gasteiger charge is -2.29. The largest absolute Gasteiger partial charge is 0.247 e. The van der Waals surface area contributed by atoms with Crippen molar-refractivity contribution >= 4 is 10.8 Å². The van der Waals surface area contributed by atoms with Crippen LogP contribution in [0.15, 0.2) is 48.5 Å². The van der Waals surface area contributed by atoms with Crippen molar-refractivity contribution in [3.63, 3.8) is 0 Å². The lowest BCUT2D eigenvalue weighted by Crippen LogP contribution is -2.27. The van der Waals surface area contributed by atoms with Gasteiger partial charge in [0.1, 0.15) is 18.1 Å². The summed E-state index contributed by atoms with van der Waals surface area (Å²) in [6.07, 6.45) is 6.25. The third-order valence-corrected chi connectivity index (χ3v) is 6.47. The highest BCUT2D eigenvalue weighted by Crippen LogP contribution is 2.36. The highest BCUT2D eigenvalue weighted by Gasteiger charge is 2.29. The fourth-order valence-electron chi connectivity index (χ4n) is 4.72. The van der Waals surface area contributed by atoms with Crippen molar-refractivity contribution in [1.29, 1.82) is 5.26 Å². The smallest absolute Gasteiger partial charge is 0.141 e. The van der Waals surface area contributed by atoms with Crippen molar-refractivity contribution < 1.29 is 8.78 Å². The van der Waals surface area contributed by atoms with Crippen LogP contribution in [-0.2, 0) is 12.8 Å². The van der Waals surface area contributed by atoms with Crippen molar-refractivity contribution in [3.05, 3.63) is 71.0 Å². The van der Waals surface area contributed by atoms with E-state index in [0.717, 1.165) is 46.7 Å². The highest BCUT2D eigenvalue weighted by atomic mass is 19.1. The third-order valence-electron chi connectivity index (χ3n) is 6.47. The molecule has 2 atom stereocenters. The minimum Gasteiger partial charge on any atom is -0.247 e. The molecular formula is C27H27F2N. The predicted molar refractivity (Wildman–Crippen MR) is 119 cm³/mol. The monoisotopic (exact) mass is 403 g/mol. The molecule has 0 radical (unpaired) electrons. The molecule has 0 aliphatic heterocycles. The van der Waals surface area contributed by atoms with Gasteiger partial charge in [-0.2, -0.15) is 5.26 Å². The van der Waals surface area contributed by atoms with Crippen molar-refractivity contribution in [2.24, 2.45) is 5.92 Å². The standard InChI is InChI=1S/C27H27F2N/c1-2-3-4-5-6-22-14-21-9-8-20-13-18(11-12-24(20)25(21)16-27(22)29)19-7-10-23(17-30)26(28)15-19/h7-13,15,22,27H,2-6,14,16H2,1H3/t22-,27-/m1/s1. The summed E-state index contributed by atoms with van der Waals surface area (Å²) in [5.74, 6) is -0.376.